The number of methoxy groups -OCH3 is 1. The predicted octanol–water partition coefficient (Wildman–Crippen LogP) is 2.63. The summed E-state index contributed by atoms with van der Waals surface area (Å²) in [7, 11) is 1.60. The molecule has 0 atom stereocenters. The Balaban J connectivity index is 0. The zero-order valence-electron chi connectivity index (χ0n) is 9.18. The zero-order chi connectivity index (χ0) is 10.9. The van der Waals surface area contributed by atoms with Crippen molar-refractivity contribution in [2.75, 3.05) is 13.7 Å². The lowest BCUT2D eigenvalue weighted by Crippen LogP contribution is -2.05. The summed E-state index contributed by atoms with van der Waals surface area (Å²) in [6.45, 7) is 13.7. The van der Waals surface area contributed by atoms with E-state index in [0.717, 1.165) is 16.9 Å². The van der Waals surface area contributed by atoms with Gasteiger partial charge in [-0.3, -0.25) is 0 Å². The molecular weight excluding hydrogens is 162 g/mol. The monoisotopic (exact) mass is 183 g/mol. The van der Waals surface area contributed by atoms with Gasteiger partial charge in [0.25, 0.3) is 0 Å². The van der Waals surface area contributed by atoms with Gasteiger partial charge in [-0.15, -0.1) is 0 Å². The third-order valence-electron chi connectivity index (χ3n) is 1.35. The first kappa shape index (κ1) is 14.5. The van der Waals surface area contributed by atoms with Crippen molar-refractivity contribution in [3.05, 3.63) is 36.1 Å². The van der Waals surface area contributed by atoms with E-state index in [2.05, 4.69) is 13.2 Å². The third-order valence-corrected chi connectivity index (χ3v) is 1.35. The second-order valence-corrected chi connectivity index (χ2v) is 2.25. The van der Waals surface area contributed by atoms with E-state index >= 15 is 0 Å². The van der Waals surface area contributed by atoms with Gasteiger partial charge in [-0.05, 0) is 12.5 Å². The highest BCUT2D eigenvalue weighted by atomic mass is 16.5. The van der Waals surface area contributed by atoms with Gasteiger partial charge in [0.1, 0.15) is 5.76 Å². The van der Waals surface area contributed by atoms with E-state index in [1.165, 1.54) is 0 Å². The van der Waals surface area contributed by atoms with Crippen LogP contribution in [0.2, 0.25) is 0 Å². The van der Waals surface area contributed by atoms with E-state index in [0.29, 0.717) is 6.54 Å². The minimum atomic E-state index is 0.430. The van der Waals surface area contributed by atoms with Crippen molar-refractivity contribution in [2.45, 2.75) is 20.8 Å². The maximum Gasteiger partial charge on any atom is 0.125 e. The van der Waals surface area contributed by atoms with Crippen molar-refractivity contribution in [1.82, 2.24) is 0 Å². The molecule has 2 nitrogen and oxygen atoms in total. The zero-order valence-corrected chi connectivity index (χ0v) is 9.18. The van der Waals surface area contributed by atoms with Gasteiger partial charge in [0.2, 0.25) is 0 Å². The topological polar surface area (TPSA) is 35.2 Å². The molecule has 0 saturated carbocycles. The third kappa shape index (κ3) is 5.26. The quantitative estimate of drug-likeness (QED) is 0.537. The molecule has 0 aliphatic heterocycles. The molecule has 0 amide bonds. The molecule has 2 heteroatoms. The maximum absolute atomic E-state index is 5.45. The van der Waals surface area contributed by atoms with Crippen LogP contribution in [0, 0.1) is 0 Å². The number of hydrogen-bond acceptors (Lipinski definition) is 2. The summed E-state index contributed by atoms with van der Waals surface area (Å²) < 4.78 is 5.08. The fourth-order valence-electron chi connectivity index (χ4n) is 0.848. The average molecular weight is 183 g/mol. The first-order valence-corrected chi connectivity index (χ1v) is 4.42. The maximum atomic E-state index is 5.45. The molecule has 0 heterocycles. The van der Waals surface area contributed by atoms with Crippen LogP contribution in [0.4, 0.5) is 0 Å². The van der Waals surface area contributed by atoms with Crippen LogP contribution in [0.25, 0.3) is 0 Å². The fraction of sp³-hybridized carbons (Fsp3) is 0.455. The van der Waals surface area contributed by atoms with Crippen molar-refractivity contribution in [2.24, 2.45) is 5.73 Å². The normalized spacial score (nSPS) is 10.5. The van der Waals surface area contributed by atoms with Crippen LogP contribution in [0.5, 0.6) is 0 Å². The van der Waals surface area contributed by atoms with E-state index in [9.17, 15) is 0 Å². The van der Waals surface area contributed by atoms with Gasteiger partial charge in [0.05, 0.1) is 7.11 Å². The van der Waals surface area contributed by atoms with Crippen molar-refractivity contribution >= 4 is 0 Å². The molecule has 0 aliphatic carbocycles. The highest BCUT2D eigenvalue weighted by Gasteiger charge is 2.02. The first-order valence-electron chi connectivity index (χ1n) is 4.42. The Hall–Kier alpha value is -1.02. The van der Waals surface area contributed by atoms with Crippen molar-refractivity contribution in [1.29, 1.82) is 0 Å². The summed E-state index contributed by atoms with van der Waals surface area (Å²) in [4.78, 5) is 0. The average Bonchev–Trinajstić information content (AvgIpc) is 2.16. The summed E-state index contributed by atoms with van der Waals surface area (Å²) in [6, 6.07) is 0. The number of nitrogens with two attached hydrogens (primary N) is 1. The summed E-state index contributed by atoms with van der Waals surface area (Å²) in [5.74, 6) is 0.738. The van der Waals surface area contributed by atoms with Crippen LogP contribution in [-0.4, -0.2) is 13.7 Å². The molecular formula is C11H21NO. The number of hydrogen-bond donors (Lipinski definition) is 1. The lowest BCUT2D eigenvalue weighted by Gasteiger charge is -2.08. The highest BCUT2D eigenvalue weighted by Crippen LogP contribution is 2.13. The Labute approximate surface area is 81.8 Å². The van der Waals surface area contributed by atoms with Crippen molar-refractivity contribution in [3.63, 3.8) is 0 Å². The highest BCUT2D eigenvalue weighted by molar-refractivity contribution is 5.33. The van der Waals surface area contributed by atoms with Gasteiger partial charge in [-0.25, -0.2) is 0 Å². The molecule has 2 N–H and O–H groups in total. The van der Waals surface area contributed by atoms with Gasteiger partial charge < -0.3 is 10.5 Å². The number of rotatable bonds is 4. The smallest absolute Gasteiger partial charge is 0.125 e. The molecule has 0 bridgehead atoms. The Kier molecular flexibility index (Phi) is 10.1. The predicted molar refractivity (Wildman–Crippen MR) is 59.4 cm³/mol. The standard InChI is InChI=1S/C9H15NO.C2H6/c1-5-8(6-10)9(11-4)7(2)3;1-2/h5H,1-2,6,10H2,3-4H3;1-2H3/b9-8-;. The van der Waals surface area contributed by atoms with Gasteiger partial charge in [-0.2, -0.15) is 0 Å². The lowest BCUT2D eigenvalue weighted by molar-refractivity contribution is 0.297. The molecule has 76 valence electrons. The number of ether oxygens (including phenoxy) is 1. The molecule has 0 aromatic carbocycles. The van der Waals surface area contributed by atoms with Gasteiger partial charge >= 0.3 is 0 Å². The molecule has 0 saturated heterocycles. The lowest BCUT2D eigenvalue weighted by atomic mass is 10.1. The van der Waals surface area contributed by atoms with Crippen LogP contribution in [0.1, 0.15) is 20.8 Å². The summed E-state index contributed by atoms with van der Waals surface area (Å²) >= 11 is 0. The van der Waals surface area contributed by atoms with Crippen LogP contribution < -0.4 is 5.73 Å². The van der Waals surface area contributed by atoms with E-state index in [1.807, 2.05) is 20.8 Å². The fourth-order valence-corrected chi connectivity index (χ4v) is 0.848. The Morgan fingerprint density at radius 2 is 1.92 bits per heavy atom. The van der Waals surface area contributed by atoms with Gasteiger partial charge in [-0.1, -0.05) is 33.1 Å². The molecule has 0 radical (unpaired) electrons. The van der Waals surface area contributed by atoms with E-state index in [-0.39, 0.29) is 0 Å². The van der Waals surface area contributed by atoms with Crippen LogP contribution in [0.15, 0.2) is 36.1 Å². The molecule has 0 aliphatic rings. The Bertz CT molecular complexity index is 192. The minimum Gasteiger partial charge on any atom is -0.496 e. The summed E-state index contributed by atoms with van der Waals surface area (Å²) in [6.07, 6.45) is 1.69. The van der Waals surface area contributed by atoms with E-state index in [1.54, 1.807) is 13.2 Å². The van der Waals surface area contributed by atoms with E-state index < -0.39 is 0 Å². The molecule has 0 rings (SSSR count). The molecule has 13 heavy (non-hydrogen) atoms. The van der Waals surface area contributed by atoms with Crippen LogP contribution in [0.3, 0.4) is 0 Å². The number of allylic oxidation sites excluding steroid dienone is 1. The minimum absolute atomic E-state index is 0.430. The largest absolute Gasteiger partial charge is 0.496 e. The molecule has 0 aromatic heterocycles. The SMILES string of the molecule is C=C/C(CN)=C(/OC)C(=C)C.CC. The second kappa shape index (κ2) is 9.07. The second-order valence-electron chi connectivity index (χ2n) is 2.25. The summed E-state index contributed by atoms with van der Waals surface area (Å²) in [5, 5.41) is 0. The van der Waals surface area contributed by atoms with Gasteiger partial charge in [0, 0.05) is 12.1 Å². The van der Waals surface area contributed by atoms with Crippen LogP contribution >= 0.6 is 0 Å². The molecule has 0 aromatic rings. The van der Waals surface area contributed by atoms with Crippen molar-refractivity contribution in [3.8, 4) is 0 Å². The van der Waals surface area contributed by atoms with Crippen molar-refractivity contribution < 1.29 is 4.74 Å². The van der Waals surface area contributed by atoms with Gasteiger partial charge in [0.15, 0.2) is 0 Å². The Morgan fingerprint density at radius 3 is 2.00 bits per heavy atom. The Morgan fingerprint density at radius 1 is 1.46 bits per heavy atom. The summed E-state index contributed by atoms with van der Waals surface area (Å²) in [5.41, 5.74) is 7.20. The van der Waals surface area contributed by atoms with Crippen LogP contribution in [-0.2, 0) is 4.74 Å². The molecule has 0 fully saturated rings. The first-order chi connectivity index (χ1) is 6.17. The van der Waals surface area contributed by atoms with E-state index in [4.69, 9.17) is 10.5 Å². The molecule has 0 unspecified atom stereocenters. The molecule has 0 spiro atoms.